The molecule has 3 aromatic carbocycles. The fourth-order valence-corrected chi connectivity index (χ4v) is 2.98. The molecule has 3 rings (SSSR count). The highest BCUT2D eigenvalue weighted by Gasteiger charge is 2.32. The minimum Gasteiger partial charge on any atom is -0.322 e. The zero-order chi connectivity index (χ0) is 25.0. The summed E-state index contributed by atoms with van der Waals surface area (Å²) in [5.41, 5.74) is -3.99. The number of rotatable bonds is 6. The first kappa shape index (κ1) is 23.8. The molecule has 174 valence electrons. The van der Waals surface area contributed by atoms with Crippen LogP contribution in [-0.2, 0) is 6.18 Å². The summed E-state index contributed by atoms with van der Waals surface area (Å²) >= 11 is 0. The number of carbonyl (C=O) groups is 2. The number of nitro benzene ring substituents is 2. The highest BCUT2D eigenvalue weighted by atomic mass is 19.4. The van der Waals surface area contributed by atoms with E-state index in [-0.39, 0.29) is 0 Å². The van der Waals surface area contributed by atoms with E-state index in [0.717, 1.165) is 30.3 Å². The lowest BCUT2D eigenvalue weighted by molar-refractivity contribution is -0.385. The van der Waals surface area contributed by atoms with Gasteiger partial charge in [-0.05, 0) is 30.3 Å². The first-order chi connectivity index (χ1) is 16.0. The Hall–Kier alpha value is -4.81. The van der Waals surface area contributed by atoms with Gasteiger partial charge in [-0.3, -0.25) is 29.8 Å². The van der Waals surface area contributed by atoms with Crippen LogP contribution < -0.4 is 10.6 Å². The molecule has 0 heterocycles. The van der Waals surface area contributed by atoms with Gasteiger partial charge in [0.25, 0.3) is 23.2 Å². The van der Waals surface area contributed by atoms with Crippen molar-refractivity contribution in [2.75, 3.05) is 10.6 Å². The molecule has 0 aliphatic carbocycles. The minimum absolute atomic E-state index is 0.393. The van der Waals surface area contributed by atoms with Gasteiger partial charge in [0.05, 0.1) is 15.4 Å². The molecule has 0 spiro atoms. The monoisotopic (exact) mass is 474 g/mol. The van der Waals surface area contributed by atoms with Crippen LogP contribution in [0.15, 0.2) is 66.7 Å². The molecule has 13 heteroatoms. The zero-order valence-electron chi connectivity index (χ0n) is 16.8. The number of hydrogen-bond donors (Lipinski definition) is 2. The Balaban J connectivity index is 1.97. The van der Waals surface area contributed by atoms with Gasteiger partial charge in [-0.2, -0.15) is 13.2 Å². The van der Waals surface area contributed by atoms with Crippen molar-refractivity contribution in [2.45, 2.75) is 6.18 Å². The van der Waals surface area contributed by atoms with Crippen molar-refractivity contribution in [1.82, 2.24) is 0 Å². The summed E-state index contributed by atoms with van der Waals surface area (Å²) in [6.45, 7) is 0. The van der Waals surface area contributed by atoms with Crippen molar-refractivity contribution >= 4 is 34.6 Å². The molecule has 0 unspecified atom stereocenters. The number of amides is 2. The number of halogens is 3. The summed E-state index contributed by atoms with van der Waals surface area (Å²) < 4.78 is 40.2. The minimum atomic E-state index is -4.88. The predicted molar refractivity (Wildman–Crippen MR) is 114 cm³/mol. The van der Waals surface area contributed by atoms with Crippen molar-refractivity contribution in [1.29, 1.82) is 0 Å². The standard InChI is InChI=1S/C21H13F3N4O6/c22-21(23,24)12-9-13(25-19(29)15-5-1-3-7-17(15)27(31)32)11-14(10-12)26-20(30)16-6-2-4-8-18(16)28(33)34/h1-11H,(H,25,29)(H,26,30). The predicted octanol–water partition coefficient (Wildman–Crippen LogP) is 5.03. The zero-order valence-corrected chi connectivity index (χ0v) is 16.8. The molecule has 0 atom stereocenters. The van der Waals surface area contributed by atoms with Crippen molar-refractivity contribution in [2.24, 2.45) is 0 Å². The van der Waals surface area contributed by atoms with E-state index in [1.165, 1.54) is 24.3 Å². The molecule has 2 N–H and O–H groups in total. The van der Waals surface area contributed by atoms with E-state index in [4.69, 9.17) is 0 Å². The van der Waals surface area contributed by atoms with E-state index in [0.29, 0.717) is 12.1 Å². The van der Waals surface area contributed by atoms with Crippen molar-refractivity contribution in [3.63, 3.8) is 0 Å². The van der Waals surface area contributed by atoms with Crippen LogP contribution in [0, 0.1) is 20.2 Å². The molecule has 3 aromatic rings. The topological polar surface area (TPSA) is 144 Å². The summed E-state index contributed by atoms with van der Waals surface area (Å²) in [5.74, 6) is -2.11. The molecule has 0 radical (unpaired) electrons. The normalized spacial score (nSPS) is 10.9. The third-order valence-corrected chi connectivity index (χ3v) is 4.47. The molecule has 34 heavy (non-hydrogen) atoms. The molecule has 10 nitrogen and oxygen atoms in total. The van der Waals surface area contributed by atoms with E-state index >= 15 is 0 Å². The van der Waals surface area contributed by atoms with Gasteiger partial charge in [-0.15, -0.1) is 0 Å². The molecule has 0 aromatic heterocycles. The van der Waals surface area contributed by atoms with E-state index in [1.807, 2.05) is 0 Å². The van der Waals surface area contributed by atoms with Gasteiger partial charge >= 0.3 is 6.18 Å². The second kappa shape index (κ2) is 9.36. The largest absolute Gasteiger partial charge is 0.416 e. The lowest BCUT2D eigenvalue weighted by Gasteiger charge is -2.14. The van der Waals surface area contributed by atoms with Crippen molar-refractivity contribution < 1.29 is 32.6 Å². The smallest absolute Gasteiger partial charge is 0.322 e. The van der Waals surface area contributed by atoms with E-state index in [9.17, 15) is 43.0 Å². The number of para-hydroxylation sites is 2. The molecule has 2 amide bonds. The number of nitrogens with one attached hydrogen (secondary N) is 2. The number of nitrogens with zero attached hydrogens (tertiary/aromatic N) is 2. The van der Waals surface area contributed by atoms with Gasteiger partial charge in [0.15, 0.2) is 0 Å². The van der Waals surface area contributed by atoms with Crippen molar-refractivity contribution in [3.05, 3.63) is 104 Å². The fraction of sp³-hybridized carbons (Fsp3) is 0.0476. The number of alkyl halides is 3. The van der Waals surface area contributed by atoms with Crippen molar-refractivity contribution in [3.8, 4) is 0 Å². The van der Waals surface area contributed by atoms with Gasteiger partial charge in [-0.1, -0.05) is 24.3 Å². The number of nitro groups is 2. The van der Waals surface area contributed by atoms with E-state index in [1.54, 1.807) is 0 Å². The number of hydrogen-bond acceptors (Lipinski definition) is 6. The molecule has 0 aliphatic heterocycles. The summed E-state index contributed by atoms with van der Waals surface area (Å²) in [6, 6.07) is 11.8. The summed E-state index contributed by atoms with van der Waals surface area (Å²) in [6.07, 6.45) is -4.88. The van der Waals surface area contributed by atoms with Crippen LogP contribution in [0.2, 0.25) is 0 Å². The maximum Gasteiger partial charge on any atom is 0.416 e. The van der Waals surface area contributed by atoms with Crippen LogP contribution >= 0.6 is 0 Å². The average molecular weight is 474 g/mol. The Morgan fingerprint density at radius 2 is 1.09 bits per heavy atom. The maximum absolute atomic E-state index is 13.4. The lowest BCUT2D eigenvalue weighted by atomic mass is 10.1. The van der Waals surface area contributed by atoms with Gasteiger partial charge in [0, 0.05) is 23.5 Å². The summed E-state index contributed by atoms with van der Waals surface area (Å²) in [7, 11) is 0. The molecule has 0 aliphatic rings. The summed E-state index contributed by atoms with van der Waals surface area (Å²) in [4.78, 5) is 45.7. The Bertz CT molecular complexity index is 1220. The van der Waals surface area contributed by atoms with E-state index < -0.39 is 67.3 Å². The molecular formula is C21H13F3N4O6. The molecule has 0 saturated heterocycles. The highest BCUT2D eigenvalue weighted by molar-refractivity contribution is 6.09. The number of carbonyl (C=O) groups excluding carboxylic acids is 2. The van der Waals surface area contributed by atoms with Crippen LogP contribution in [0.3, 0.4) is 0 Å². The second-order valence-electron chi connectivity index (χ2n) is 6.75. The molecule has 0 bridgehead atoms. The third-order valence-electron chi connectivity index (χ3n) is 4.47. The SMILES string of the molecule is O=C(Nc1cc(NC(=O)c2ccccc2[N+](=O)[O-])cc(C(F)(F)F)c1)c1ccccc1[N+](=O)[O-]. The van der Waals surface area contributed by atoms with Crippen LogP contribution in [0.5, 0.6) is 0 Å². The summed E-state index contributed by atoms with van der Waals surface area (Å²) in [5, 5.41) is 26.6. The number of anilines is 2. The first-order valence-electron chi connectivity index (χ1n) is 9.29. The van der Waals surface area contributed by atoms with E-state index in [2.05, 4.69) is 10.6 Å². The van der Waals surface area contributed by atoms with Crippen LogP contribution in [0.25, 0.3) is 0 Å². The Morgan fingerprint density at radius 3 is 1.44 bits per heavy atom. The lowest BCUT2D eigenvalue weighted by Crippen LogP contribution is -2.17. The van der Waals surface area contributed by atoms with Gasteiger partial charge in [0.2, 0.25) is 0 Å². The fourth-order valence-electron chi connectivity index (χ4n) is 2.98. The van der Waals surface area contributed by atoms with Gasteiger partial charge in [-0.25, -0.2) is 0 Å². The quantitative estimate of drug-likeness (QED) is 0.379. The Labute approximate surface area is 188 Å². The molecule has 0 saturated carbocycles. The highest BCUT2D eigenvalue weighted by Crippen LogP contribution is 2.34. The molecule has 0 fully saturated rings. The Morgan fingerprint density at radius 1 is 0.706 bits per heavy atom. The average Bonchev–Trinajstić information content (AvgIpc) is 2.78. The van der Waals surface area contributed by atoms with Crippen LogP contribution in [-0.4, -0.2) is 21.7 Å². The van der Waals surface area contributed by atoms with Crippen LogP contribution in [0.1, 0.15) is 26.3 Å². The van der Waals surface area contributed by atoms with Gasteiger partial charge in [0.1, 0.15) is 11.1 Å². The van der Waals surface area contributed by atoms with Gasteiger partial charge < -0.3 is 10.6 Å². The molecular weight excluding hydrogens is 461 g/mol. The number of benzene rings is 3. The van der Waals surface area contributed by atoms with Crippen LogP contribution in [0.4, 0.5) is 35.9 Å². The maximum atomic E-state index is 13.4. The Kier molecular flexibility index (Phi) is 6.56. The second-order valence-corrected chi connectivity index (χ2v) is 6.75. The third kappa shape index (κ3) is 5.32. The first-order valence-corrected chi connectivity index (χ1v) is 9.29.